The topological polar surface area (TPSA) is 82.1 Å². The van der Waals surface area contributed by atoms with E-state index in [1.54, 1.807) is 62.6 Å². The molecule has 3 aromatic rings. The van der Waals surface area contributed by atoms with Crippen molar-refractivity contribution in [1.29, 1.82) is 0 Å². The molecule has 1 heterocycles. The van der Waals surface area contributed by atoms with Crippen molar-refractivity contribution < 1.29 is 27.4 Å². The lowest BCUT2D eigenvalue weighted by Gasteiger charge is -2.28. The molecule has 3 aromatic carbocycles. The molecule has 1 saturated heterocycles. The first-order valence-electron chi connectivity index (χ1n) is 11.5. The zero-order valence-corrected chi connectivity index (χ0v) is 20.8. The van der Waals surface area contributed by atoms with Gasteiger partial charge in [-0.05, 0) is 49.2 Å². The minimum atomic E-state index is -4.05. The predicted octanol–water partition coefficient (Wildman–Crippen LogP) is 4.79. The average molecular weight is 496 g/mol. The molecule has 8 heteroatoms. The molecule has 35 heavy (non-hydrogen) atoms. The molecule has 0 amide bonds. The number of nitrogens with zero attached hydrogens (tertiary/aromatic N) is 1. The summed E-state index contributed by atoms with van der Waals surface area (Å²) in [5.74, 6) is 0.156. The van der Waals surface area contributed by atoms with E-state index in [4.69, 9.17) is 14.2 Å². The number of benzene rings is 3. The number of methoxy groups -OCH3 is 1. The van der Waals surface area contributed by atoms with Crippen LogP contribution in [-0.4, -0.2) is 38.5 Å². The lowest BCUT2D eigenvalue weighted by atomic mass is 10.0. The summed E-state index contributed by atoms with van der Waals surface area (Å²) in [6.07, 6.45) is -1.77. The van der Waals surface area contributed by atoms with Gasteiger partial charge in [0.25, 0.3) is 0 Å². The third-order valence-corrected chi connectivity index (χ3v) is 7.87. The highest BCUT2D eigenvalue weighted by atomic mass is 32.2. The Morgan fingerprint density at radius 2 is 1.60 bits per heavy atom. The van der Waals surface area contributed by atoms with Gasteiger partial charge < -0.3 is 14.2 Å². The van der Waals surface area contributed by atoms with Crippen molar-refractivity contribution in [2.45, 2.75) is 43.5 Å². The molecule has 7 nitrogen and oxygen atoms in total. The third kappa shape index (κ3) is 5.24. The Labute approximate surface area is 206 Å². The van der Waals surface area contributed by atoms with E-state index in [2.05, 4.69) is 0 Å². The maximum atomic E-state index is 14.0. The summed E-state index contributed by atoms with van der Waals surface area (Å²) in [7, 11) is -2.48. The minimum absolute atomic E-state index is 0.132. The van der Waals surface area contributed by atoms with Crippen molar-refractivity contribution in [3.8, 4) is 5.75 Å². The Balaban J connectivity index is 1.85. The first-order chi connectivity index (χ1) is 16.8. The monoisotopic (exact) mass is 495 g/mol. The van der Waals surface area contributed by atoms with Crippen molar-refractivity contribution in [3.05, 3.63) is 95.6 Å². The molecular weight excluding hydrogens is 466 g/mol. The first kappa shape index (κ1) is 24.9. The van der Waals surface area contributed by atoms with Gasteiger partial charge in [-0.15, -0.1) is 0 Å². The van der Waals surface area contributed by atoms with Crippen LogP contribution in [0.25, 0.3) is 0 Å². The van der Waals surface area contributed by atoms with Crippen LogP contribution in [0.5, 0.6) is 5.75 Å². The fourth-order valence-electron chi connectivity index (χ4n) is 4.26. The number of sulfonamides is 1. The molecule has 184 valence electrons. The first-order valence-corrected chi connectivity index (χ1v) is 12.9. The van der Waals surface area contributed by atoms with Crippen LogP contribution >= 0.6 is 0 Å². The summed E-state index contributed by atoms with van der Waals surface area (Å²) in [4.78, 5) is 12.8. The smallest absolute Gasteiger partial charge is 0.307 e. The summed E-state index contributed by atoms with van der Waals surface area (Å²) in [6.45, 7) is 3.82. The Morgan fingerprint density at radius 1 is 0.943 bits per heavy atom. The van der Waals surface area contributed by atoms with E-state index in [1.807, 2.05) is 37.3 Å². The highest BCUT2D eigenvalue weighted by Crippen LogP contribution is 2.47. The normalized spacial score (nSPS) is 20.5. The molecule has 1 aliphatic heterocycles. The Bertz CT molecular complexity index is 1240. The van der Waals surface area contributed by atoms with Gasteiger partial charge in [0.05, 0.1) is 31.1 Å². The molecule has 0 aliphatic carbocycles. The maximum absolute atomic E-state index is 14.0. The van der Waals surface area contributed by atoms with Gasteiger partial charge in [0, 0.05) is 0 Å². The van der Waals surface area contributed by atoms with Crippen LogP contribution in [0.4, 0.5) is 0 Å². The van der Waals surface area contributed by atoms with Gasteiger partial charge in [-0.25, -0.2) is 8.42 Å². The summed E-state index contributed by atoms with van der Waals surface area (Å²) in [6, 6.07) is 22.2. The maximum Gasteiger partial charge on any atom is 0.307 e. The molecule has 1 aliphatic rings. The number of ether oxygens (including phenoxy) is 3. The quantitative estimate of drug-likeness (QED) is 0.418. The molecule has 0 unspecified atom stereocenters. The van der Waals surface area contributed by atoms with E-state index >= 15 is 0 Å². The van der Waals surface area contributed by atoms with E-state index in [0.29, 0.717) is 11.3 Å². The molecule has 4 rings (SSSR count). The minimum Gasteiger partial charge on any atom is -0.497 e. The van der Waals surface area contributed by atoms with Crippen molar-refractivity contribution in [1.82, 2.24) is 4.31 Å². The SMILES string of the molecule is CCOC(=O)C[C@@H]1[C@@H](c2ccccc2)O[C@H](c2ccc(OC)cc2)N1S(=O)(=O)c1ccc(C)cc1. The highest BCUT2D eigenvalue weighted by Gasteiger charge is 2.51. The summed E-state index contributed by atoms with van der Waals surface area (Å²) in [5, 5.41) is 0. The average Bonchev–Trinajstić information content (AvgIpc) is 3.25. The number of hydrogen-bond acceptors (Lipinski definition) is 6. The van der Waals surface area contributed by atoms with Crippen LogP contribution < -0.4 is 4.74 Å². The molecule has 0 radical (unpaired) electrons. The summed E-state index contributed by atoms with van der Waals surface area (Å²) >= 11 is 0. The van der Waals surface area contributed by atoms with E-state index in [-0.39, 0.29) is 17.9 Å². The number of esters is 1. The van der Waals surface area contributed by atoms with Gasteiger partial charge in [-0.2, -0.15) is 4.31 Å². The van der Waals surface area contributed by atoms with Gasteiger partial charge in [0.2, 0.25) is 10.0 Å². The van der Waals surface area contributed by atoms with Crippen LogP contribution in [0.1, 0.15) is 42.4 Å². The number of hydrogen-bond donors (Lipinski definition) is 0. The van der Waals surface area contributed by atoms with Crippen molar-refractivity contribution in [2.24, 2.45) is 0 Å². The van der Waals surface area contributed by atoms with E-state index < -0.39 is 34.4 Å². The number of carbonyl (C=O) groups is 1. The lowest BCUT2D eigenvalue weighted by Crippen LogP contribution is -2.40. The van der Waals surface area contributed by atoms with Crippen molar-refractivity contribution in [3.63, 3.8) is 0 Å². The Morgan fingerprint density at radius 3 is 2.20 bits per heavy atom. The van der Waals surface area contributed by atoms with Gasteiger partial charge in [0.15, 0.2) is 6.23 Å². The Kier molecular flexibility index (Phi) is 7.54. The fourth-order valence-corrected chi connectivity index (χ4v) is 5.95. The number of aryl methyl sites for hydroxylation is 1. The fraction of sp³-hybridized carbons (Fsp3) is 0.296. The van der Waals surface area contributed by atoms with Crippen LogP contribution in [0.3, 0.4) is 0 Å². The molecule has 0 spiro atoms. The highest BCUT2D eigenvalue weighted by molar-refractivity contribution is 7.89. The van der Waals surface area contributed by atoms with Gasteiger partial charge in [0.1, 0.15) is 11.9 Å². The second-order valence-electron chi connectivity index (χ2n) is 8.32. The van der Waals surface area contributed by atoms with Gasteiger partial charge in [-0.3, -0.25) is 4.79 Å². The number of carbonyl (C=O) groups excluding carboxylic acids is 1. The van der Waals surface area contributed by atoms with E-state index in [9.17, 15) is 13.2 Å². The summed E-state index contributed by atoms with van der Waals surface area (Å²) in [5.41, 5.74) is 2.36. The zero-order chi connectivity index (χ0) is 25.0. The molecule has 0 saturated carbocycles. The van der Waals surface area contributed by atoms with Crippen LogP contribution in [-0.2, 0) is 24.3 Å². The molecule has 1 fully saturated rings. The van der Waals surface area contributed by atoms with Crippen LogP contribution in [0.15, 0.2) is 83.8 Å². The largest absolute Gasteiger partial charge is 0.497 e. The molecular formula is C27H29NO6S. The van der Waals surface area contributed by atoms with E-state index in [1.165, 1.54) is 4.31 Å². The van der Waals surface area contributed by atoms with Crippen LogP contribution in [0.2, 0.25) is 0 Å². The summed E-state index contributed by atoms with van der Waals surface area (Å²) < 4.78 is 46.3. The van der Waals surface area contributed by atoms with Gasteiger partial charge >= 0.3 is 5.97 Å². The van der Waals surface area contributed by atoms with Gasteiger partial charge in [-0.1, -0.05) is 60.2 Å². The number of rotatable bonds is 8. The third-order valence-electron chi connectivity index (χ3n) is 5.99. The molecule has 0 aromatic heterocycles. The second-order valence-corrected chi connectivity index (χ2v) is 10.2. The predicted molar refractivity (Wildman–Crippen MR) is 131 cm³/mol. The van der Waals surface area contributed by atoms with Crippen molar-refractivity contribution in [2.75, 3.05) is 13.7 Å². The second kappa shape index (κ2) is 10.6. The van der Waals surface area contributed by atoms with Crippen molar-refractivity contribution >= 4 is 16.0 Å². The van der Waals surface area contributed by atoms with E-state index in [0.717, 1.165) is 11.1 Å². The molecule has 0 bridgehead atoms. The lowest BCUT2D eigenvalue weighted by molar-refractivity contribution is -0.144. The molecule has 3 atom stereocenters. The molecule has 0 N–H and O–H groups in total. The Hall–Kier alpha value is -3.20. The zero-order valence-electron chi connectivity index (χ0n) is 20.0. The standard InChI is InChI=1S/C27H29NO6S/c1-4-33-25(29)18-24-26(20-8-6-5-7-9-20)34-27(21-12-14-22(32-3)15-13-21)28(24)35(30,31)23-16-10-19(2)11-17-23/h5-17,24,26-27H,4,18H2,1-3H3/t24-,26-,27-/m1/s1. The van der Waals surface area contributed by atoms with Crippen LogP contribution in [0, 0.1) is 6.92 Å².